The number of rotatable bonds is 4. The van der Waals surface area contributed by atoms with Gasteiger partial charge in [-0.2, -0.15) is 0 Å². The molecule has 1 rings (SSSR count). The maximum atomic E-state index is 5.36. The van der Waals surface area contributed by atoms with Crippen LogP contribution < -0.4 is 11.1 Å². The van der Waals surface area contributed by atoms with E-state index in [9.17, 15) is 0 Å². The molecule has 0 heterocycles. The highest BCUT2D eigenvalue weighted by atomic mass is 32.2. The minimum Gasteiger partial charge on any atom is -0.376 e. The van der Waals surface area contributed by atoms with Crippen molar-refractivity contribution >= 4 is 34.8 Å². The molecule has 4 heteroatoms. The average molecular weight is 226 g/mol. The number of hydrogen-bond acceptors (Lipinski definition) is 2. The Bertz CT molecular complexity index is 295. The Morgan fingerprint density at radius 3 is 2.57 bits per heavy atom. The first-order valence-electron chi connectivity index (χ1n) is 4.51. The van der Waals surface area contributed by atoms with Crippen LogP contribution in [0.4, 0.5) is 5.69 Å². The van der Waals surface area contributed by atoms with Crippen molar-refractivity contribution in [2.24, 2.45) is 5.73 Å². The Balaban J connectivity index is 2.54. The molecule has 0 saturated carbocycles. The Labute approximate surface area is 94.3 Å². The van der Waals surface area contributed by atoms with Gasteiger partial charge in [-0.1, -0.05) is 6.92 Å². The fourth-order valence-corrected chi connectivity index (χ4v) is 1.88. The largest absolute Gasteiger partial charge is 0.376 e. The molecule has 1 aromatic rings. The average Bonchev–Trinajstić information content (AvgIpc) is 2.16. The van der Waals surface area contributed by atoms with E-state index in [2.05, 4.69) is 24.4 Å². The number of nitrogens with one attached hydrogen (secondary N) is 1. The fraction of sp³-hybridized carbons (Fsp3) is 0.300. The molecule has 0 amide bonds. The van der Waals surface area contributed by atoms with Crippen molar-refractivity contribution in [1.82, 2.24) is 0 Å². The van der Waals surface area contributed by atoms with Crippen LogP contribution in [0.1, 0.15) is 13.3 Å². The Morgan fingerprint density at radius 2 is 2.07 bits per heavy atom. The van der Waals surface area contributed by atoms with Crippen LogP contribution in [-0.4, -0.2) is 10.9 Å². The van der Waals surface area contributed by atoms with Gasteiger partial charge in [0.25, 0.3) is 0 Å². The van der Waals surface area contributed by atoms with E-state index >= 15 is 0 Å². The van der Waals surface area contributed by atoms with Gasteiger partial charge in [0.05, 0.1) is 0 Å². The third-order valence-corrected chi connectivity index (χ3v) is 2.91. The lowest BCUT2D eigenvalue weighted by Crippen LogP contribution is -2.18. The zero-order chi connectivity index (χ0) is 10.4. The van der Waals surface area contributed by atoms with Gasteiger partial charge < -0.3 is 11.1 Å². The van der Waals surface area contributed by atoms with Crippen LogP contribution in [0.25, 0.3) is 0 Å². The smallest absolute Gasteiger partial charge is 0.168 e. The Morgan fingerprint density at radius 1 is 1.43 bits per heavy atom. The third-order valence-electron chi connectivity index (χ3n) is 1.59. The minimum atomic E-state index is 0.305. The van der Waals surface area contributed by atoms with E-state index < -0.39 is 0 Å². The monoisotopic (exact) mass is 226 g/mol. The van der Waals surface area contributed by atoms with Gasteiger partial charge in [0.15, 0.2) is 5.11 Å². The predicted molar refractivity (Wildman–Crippen MR) is 67.9 cm³/mol. The molecule has 0 aliphatic heterocycles. The third kappa shape index (κ3) is 3.98. The van der Waals surface area contributed by atoms with Gasteiger partial charge in [-0.15, -0.1) is 11.8 Å². The summed E-state index contributed by atoms with van der Waals surface area (Å²) in [5.74, 6) is 1.15. The van der Waals surface area contributed by atoms with Gasteiger partial charge in [0.2, 0.25) is 0 Å². The molecule has 14 heavy (non-hydrogen) atoms. The number of hydrogen-bond donors (Lipinski definition) is 2. The second-order valence-electron chi connectivity index (χ2n) is 2.86. The summed E-state index contributed by atoms with van der Waals surface area (Å²) >= 11 is 6.60. The Kier molecular flexibility index (Phi) is 4.76. The normalized spacial score (nSPS) is 9.79. The van der Waals surface area contributed by atoms with E-state index in [1.807, 2.05) is 23.9 Å². The molecule has 0 saturated heterocycles. The lowest BCUT2D eigenvalue weighted by Gasteiger charge is -2.04. The maximum absolute atomic E-state index is 5.36. The molecule has 0 atom stereocenters. The molecule has 76 valence electrons. The minimum absolute atomic E-state index is 0.305. The topological polar surface area (TPSA) is 38.0 Å². The first-order chi connectivity index (χ1) is 6.72. The van der Waals surface area contributed by atoms with Crippen LogP contribution in [0, 0.1) is 0 Å². The van der Waals surface area contributed by atoms with Gasteiger partial charge in [0.1, 0.15) is 0 Å². The van der Waals surface area contributed by atoms with Crippen LogP contribution in [0.2, 0.25) is 0 Å². The molecule has 0 fully saturated rings. The van der Waals surface area contributed by atoms with Crippen LogP contribution in [-0.2, 0) is 0 Å². The molecule has 0 radical (unpaired) electrons. The van der Waals surface area contributed by atoms with Crippen LogP contribution in [0.5, 0.6) is 0 Å². The summed E-state index contributed by atoms with van der Waals surface area (Å²) in [7, 11) is 0. The summed E-state index contributed by atoms with van der Waals surface area (Å²) in [4.78, 5) is 1.28. The van der Waals surface area contributed by atoms with E-state index in [-0.39, 0.29) is 0 Å². The van der Waals surface area contributed by atoms with E-state index in [4.69, 9.17) is 18.0 Å². The second-order valence-corrected chi connectivity index (χ2v) is 4.47. The summed E-state index contributed by atoms with van der Waals surface area (Å²) in [6.45, 7) is 2.18. The van der Waals surface area contributed by atoms with Crippen molar-refractivity contribution in [2.75, 3.05) is 11.1 Å². The summed E-state index contributed by atoms with van der Waals surface area (Å²) < 4.78 is 0. The standard InChI is InChI=1S/C10H14N2S2/c1-2-7-14-9-5-3-8(4-6-9)12-10(11)13/h3-6H,2,7H2,1H3,(H3,11,12,13). The van der Waals surface area contributed by atoms with Crippen molar-refractivity contribution in [3.63, 3.8) is 0 Å². The molecule has 3 N–H and O–H groups in total. The highest BCUT2D eigenvalue weighted by Gasteiger charge is 1.95. The van der Waals surface area contributed by atoms with Crippen molar-refractivity contribution in [1.29, 1.82) is 0 Å². The number of benzene rings is 1. The number of nitrogens with two attached hydrogens (primary N) is 1. The molecular formula is C10H14N2S2. The second kappa shape index (κ2) is 5.88. The summed E-state index contributed by atoms with van der Waals surface area (Å²) in [5, 5.41) is 3.19. The zero-order valence-corrected chi connectivity index (χ0v) is 9.75. The van der Waals surface area contributed by atoms with Crippen molar-refractivity contribution in [2.45, 2.75) is 18.2 Å². The molecule has 0 bridgehead atoms. The first-order valence-corrected chi connectivity index (χ1v) is 5.91. The van der Waals surface area contributed by atoms with Crippen molar-refractivity contribution in [3.8, 4) is 0 Å². The molecule has 2 nitrogen and oxygen atoms in total. The lowest BCUT2D eigenvalue weighted by atomic mass is 10.3. The van der Waals surface area contributed by atoms with Gasteiger partial charge in [-0.25, -0.2) is 0 Å². The van der Waals surface area contributed by atoms with E-state index in [0.717, 1.165) is 11.4 Å². The van der Waals surface area contributed by atoms with Gasteiger partial charge >= 0.3 is 0 Å². The molecule has 0 unspecified atom stereocenters. The summed E-state index contributed by atoms with van der Waals surface area (Å²) in [6, 6.07) is 8.11. The van der Waals surface area contributed by atoms with Gasteiger partial charge in [-0.3, -0.25) is 0 Å². The molecule has 0 spiro atoms. The highest BCUT2D eigenvalue weighted by Crippen LogP contribution is 2.20. The Hall–Kier alpha value is -0.740. The van der Waals surface area contributed by atoms with Crippen LogP contribution in [0.15, 0.2) is 29.2 Å². The molecule has 0 aliphatic carbocycles. The van der Waals surface area contributed by atoms with E-state index in [0.29, 0.717) is 5.11 Å². The van der Waals surface area contributed by atoms with E-state index in [1.54, 1.807) is 0 Å². The molecule has 0 aliphatic rings. The predicted octanol–water partition coefficient (Wildman–Crippen LogP) is 2.84. The van der Waals surface area contributed by atoms with Crippen molar-refractivity contribution in [3.05, 3.63) is 24.3 Å². The number of thioether (sulfide) groups is 1. The van der Waals surface area contributed by atoms with Crippen LogP contribution in [0.3, 0.4) is 0 Å². The summed E-state index contributed by atoms with van der Waals surface area (Å²) in [5.41, 5.74) is 6.30. The lowest BCUT2D eigenvalue weighted by molar-refractivity contribution is 1.10. The first kappa shape index (κ1) is 11.3. The zero-order valence-electron chi connectivity index (χ0n) is 8.12. The maximum Gasteiger partial charge on any atom is 0.168 e. The SMILES string of the molecule is CCCSc1ccc(NC(N)=S)cc1. The number of anilines is 1. The summed E-state index contributed by atoms with van der Waals surface area (Å²) in [6.07, 6.45) is 1.19. The van der Waals surface area contributed by atoms with Gasteiger partial charge in [0, 0.05) is 10.6 Å². The highest BCUT2D eigenvalue weighted by molar-refractivity contribution is 7.99. The van der Waals surface area contributed by atoms with E-state index in [1.165, 1.54) is 11.3 Å². The van der Waals surface area contributed by atoms with Crippen molar-refractivity contribution < 1.29 is 0 Å². The fourth-order valence-electron chi connectivity index (χ4n) is 0.997. The number of thiocarbonyl (C=S) groups is 1. The van der Waals surface area contributed by atoms with Gasteiger partial charge in [-0.05, 0) is 48.7 Å². The molecular weight excluding hydrogens is 212 g/mol. The molecule has 0 aromatic heterocycles. The quantitative estimate of drug-likeness (QED) is 0.611. The molecule has 1 aromatic carbocycles. The van der Waals surface area contributed by atoms with Crippen LogP contribution >= 0.6 is 24.0 Å².